The first-order valence-corrected chi connectivity index (χ1v) is 36.9. The molecule has 0 saturated carbocycles. The Kier molecular flexibility index (Phi) is 12.5. The van der Waals surface area contributed by atoms with Crippen LogP contribution in [0.2, 0.25) is 13.1 Å². The van der Waals surface area contributed by atoms with Gasteiger partial charge in [0.05, 0.1) is 0 Å². The van der Waals surface area contributed by atoms with Crippen LogP contribution in [0.15, 0.2) is 83.9 Å². The normalized spacial score (nSPS) is 17.5. The van der Waals surface area contributed by atoms with Gasteiger partial charge in [-0.1, -0.05) is 0 Å². The van der Waals surface area contributed by atoms with Gasteiger partial charge >= 0.3 is 327 Å². The summed E-state index contributed by atoms with van der Waals surface area (Å²) in [6.45, 7) is 18.9. The van der Waals surface area contributed by atoms with E-state index in [-0.39, 0.29) is 7.25 Å². The minimum atomic E-state index is -4.93. The Bertz CT molecular complexity index is 1860. The van der Waals surface area contributed by atoms with Gasteiger partial charge in [0.15, 0.2) is 0 Å². The van der Waals surface area contributed by atoms with Crippen LogP contribution in [0, 0.1) is 0 Å². The second-order valence-electron chi connectivity index (χ2n) is 15.9. The quantitative estimate of drug-likeness (QED) is 0.105. The summed E-state index contributed by atoms with van der Waals surface area (Å²) in [5, 5.41) is 0. The fourth-order valence-corrected chi connectivity index (χ4v) is 41.5. The molecular formula is C48H61Cl2SiZr. The molecule has 4 aromatic carbocycles. The summed E-state index contributed by atoms with van der Waals surface area (Å²) in [6, 6.07) is 28.1. The van der Waals surface area contributed by atoms with E-state index < -0.39 is 21.5 Å². The molecule has 0 fully saturated rings. The SMILES string of the molecule is CCCC1=Cc2c(ccc(CCC)c2-c2ccccc2CC)[CH]1[Zr]([Cl])([Cl])([CH]1C(CCC)=Cc2c1ccc(CCC)c2-c1ccccc1CC)[SiH](C)C. The summed E-state index contributed by atoms with van der Waals surface area (Å²) >= 11 is -4.93. The summed E-state index contributed by atoms with van der Waals surface area (Å²) in [6.07, 6.45) is 15.9. The van der Waals surface area contributed by atoms with Crippen molar-refractivity contribution in [3.63, 3.8) is 0 Å². The topological polar surface area (TPSA) is 0 Å². The molecule has 6 rings (SSSR count). The monoisotopic (exact) mass is 825 g/mol. The van der Waals surface area contributed by atoms with Crippen molar-refractivity contribution in [1.29, 1.82) is 0 Å². The van der Waals surface area contributed by atoms with Crippen LogP contribution >= 0.6 is 17.0 Å². The minimum absolute atomic E-state index is 0.118. The maximum atomic E-state index is 8.93. The van der Waals surface area contributed by atoms with E-state index in [4.69, 9.17) is 17.0 Å². The summed E-state index contributed by atoms with van der Waals surface area (Å²) in [5.41, 5.74) is 20.1. The fourth-order valence-electron chi connectivity index (χ4n) is 10.00. The number of rotatable bonds is 15. The van der Waals surface area contributed by atoms with Crippen LogP contribution in [-0.2, 0) is 41.2 Å². The number of fused-ring (bicyclic) bond motifs is 2. The number of hydrogen-bond donors (Lipinski definition) is 0. The van der Waals surface area contributed by atoms with Crippen LogP contribution in [0.3, 0.4) is 0 Å². The van der Waals surface area contributed by atoms with Crippen molar-refractivity contribution in [3.05, 3.63) is 128 Å². The van der Waals surface area contributed by atoms with E-state index in [1.807, 2.05) is 0 Å². The number of benzene rings is 4. The third kappa shape index (κ3) is 6.69. The van der Waals surface area contributed by atoms with Gasteiger partial charge in [0.1, 0.15) is 0 Å². The summed E-state index contributed by atoms with van der Waals surface area (Å²) in [7, 11) is 17.9. The third-order valence-corrected chi connectivity index (χ3v) is 64.3. The molecule has 0 saturated heterocycles. The molecule has 0 N–H and O–H groups in total. The standard InChI is InChI=1S/2C23H27.C2H7Si.2ClH.Zr/c2*1-4-9-17-15-20-14-13-19(10-5-2)23(22(20)16-17)21-12-8-7-11-18(21)6-3;1-3-2;;;/h2*7-8,11-16H,4-6,9-10H2,1-3H3;3H,1-2H3;2*1H;/q;;;;;+2/p-2. The van der Waals surface area contributed by atoms with Crippen LogP contribution in [0.4, 0.5) is 0 Å². The fraction of sp³-hybridized carbons (Fsp3) is 0.417. The predicted molar refractivity (Wildman–Crippen MR) is 232 cm³/mol. The molecule has 0 spiro atoms. The molecule has 0 heterocycles. The van der Waals surface area contributed by atoms with Crippen LogP contribution in [0.25, 0.3) is 34.4 Å². The number of aryl methyl sites for hydroxylation is 4. The van der Waals surface area contributed by atoms with Crippen molar-refractivity contribution in [3.8, 4) is 22.3 Å². The molecule has 0 aliphatic heterocycles. The summed E-state index contributed by atoms with van der Waals surface area (Å²) in [4.78, 5) is 0. The van der Waals surface area contributed by atoms with E-state index in [2.05, 4.69) is 140 Å². The second kappa shape index (κ2) is 16.4. The Morgan fingerprint density at radius 2 is 0.885 bits per heavy atom. The van der Waals surface area contributed by atoms with Gasteiger partial charge in [-0.05, 0) is 0 Å². The first-order valence-electron chi connectivity index (χ1n) is 20.5. The van der Waals surface area contributed by atoms with Crippen LogP contribution in [0.1, 0.15) is 132 Å². The van der Waals surface area contributed by atoms with E-state index in [0.29, 0.717) is 0 Å². The molecule has 0 radical (unpaired) electrons. The maximum absolute atomic E-state index is 8.93. The van der Waals surface area contributed by atoms with Gasteiger partial charge in [0.25, 0.3) is 0 Å². The van der Waals surface area contributed by atoms with Gasteiger partial charge < -0.3 is 0 Å². The van der Waals surface area contributed by atoms with Gasteiger partial charge in [-0.2, -0.15) is 0 Å². The number of allylic oxidation sites excluding steroid dienone is 2. The molecule has 52 heavy (non-hydrogen) atoms. The van der Waals surface area contributed by atoms with Gasteiger partial charge in [0.2, 0.25) is 0 Å². The molecule has 0 bridgehead atoms. The zero-order valence-electron chi connectivity index (χ0n) is 33.1. The van der Waals surface area contributed by atoms with E-state index in [9.17, 15) is 0 Å². The molecule has 0 aromatic heterocycles. The van der Waals surface area contributed by atoms with Gasteiger partial charge in [-0.15, -0.1) is 0 Å². The van der Waals surface area contributed by atoms with E-state index in [1.165, 1.54) is 77.9 Å². The van der Waals surface area contributed by atoms with Crippen LogP contribution < -0.4 is 0 Å². The zero-order valence-corrected chi connectivity index (χ0v) is 38.3. The molecule has 275 valence electrons. The van der Waals surface area contributed by atoms with E-state index >= 15 is 0 Å². The van der Waals surface area contributed by atoms with Crippen LogP contribution in [0.5, 0.6) is 0 Å². The van der Waals surface area contributed by atoms with Crippen molar-refractivity contribution in [2.75, 3.05) is 0 Å². The molecular weight excluding hydrogens is 767 g/mol. The Labute approximate surface area is 324 Å². The first kappa shape index (κ1) is 39.7. The van der Waals surface area contributed by atoms with Crippen molar-refractivity contribution in [2.45, 2.75) is 126 Å². The van der Waals surface area contributed by atoms with E-state index in [0.717, 1.165) is 64.2 Å². The van der Waals surface area contributed by atoms with Crippen molar-refractivity contribution in [2.24, 2.45) is 0 Å². The molecule has 2 aliphatic carbocycles. The van der Waals surface area contributed by atoms with Crippen molar-refractivity contribution < 1.29 is 15.6 Å². The molecule has 4 aromatic rings. The second-order valence-corrected chi connectivity index (χ2v) is 58.4. The summed E-state index contributed by atoms with van der Waals surface area (Å²) in [5.74, 6) is -1.67. The van der Waals surface area contributed by atoms with Gasteiger partial charge in [0, 0.05) is 0 Å². The van der Waals surface area contributed by atoms with Gasteiger partial charge in [-0.3, -0.25) is 0 Å². The zero-order chi connectivity index (χ0) is 37.2. The molecule has 4 heteroatoms. The Balaban J connectivity index is 1.66. The predicted octanol–water partition coefficient (Wildman–Crippen LogP) is 15.2. The Morgan fingerprint density at radius 3 is 1.23 bits per heavy atom. The average molecular weight is 828 g/mol. The molecule has 2 aliphatic rings. The Morgan fingerprint density at radius 1 is 0.500 bits per heavy atom. The molecule has 0 nitrogen and oxygen atoms in total. The number of hydrogen-bond acceptors (Lipinski definition) is 0. The Hall–Kier alpha value is -1.96. The average Bonchev–Trinajstić information content (AvgIpc) is 3.71. The molecule has 2 atom stereocenters. The third-order valence-electron chi connectivity index (χ3n) is 12.4. The first-order chi connectivity index (χ1) is 25.1. The van der Waals surface area contributed by atoms with Crippen LogP contribution in [-0.4, -0.2) is 5.92 Å². The number of halogens is 2. The molecule has 2 unspecified atom stereocenters. The molecule has 0 amide bonds. The van der Waals surface area contributed by atoms with E-state index in [1.54, 1.807) is 0 Å². The van der Waals surface area contributed by atoms with Crippen molar-refractivity contribution in [1.82, 2.24) is 0 Å². The summed E-state index contributed by atoms with van der Waals surface area (Å²) < 4.78 is 0.236. The van der Waals surface area contributed by atoms with Crippen molar-refractivity contribution >= 4 is 35.1 Å². The van der Waals surface area contributed by atoms with Gasteiger partial charge in [-0.25, -0.2) is 0 Å².